The molecule has 1 nitrogen and oxygen atoms in total. The number of methoxy groups -OCH3 is 1. The van der Waals surface area contributed by atoms with Crippen LogP contribution in [0, 0.1) is 11.7 Å². The number of alkyl halides is 1. The van der Waals surface area contributed by atoms with Crippen molar-refractivity contribution in [2.24, 2.45) is 5.92 Å². The molecule has 0 fully saturated rings. The number of halogens is 2. The minimum absolute atomic E-state index is 0.0885. The lowest BCUT2D eigenvalue weighted by Crippen LogP contribution is -2.14. The maximum Gasteiger partial charge on any atom is 0.168 e. The van der Waals surface area contributed by atoms with Crippen molar-refractivity contribution in [2.45, 2.75) is 32.1 Å². The van der Waals surface area contributed by atoms with Crippen molar-refractivity contribution in [3.63, 3.8) is 0 Å². The second-order valence-corrected chi connectivity index (χ2v) is 4.60. The number of benzene rings is 1. The fourth-order valence-corrected chi connectivity index (χ4v) is 1.84. The van der Waals surface area contributed by atoms with E-state index in [0.29, 0.717) is 17.7 Å². The monoisotopic (exact) mass is 244 g/mol. The molecular weight excluding hydrogens is 227 g/mol. The van der Waals surface area contributed by atoms with Gasteiger partial charge in [0.2, 0.25) is 0 Å². The van der Waals surface area contributed by atoms with E-state index in [1.165, 1.54) is 7.11 Å². The van der Waals surface area contributed by atoms with E-state index >= 15 is 0 Å². The van der Waals surface area contributed by atoms with Crippen molar-refractivity contribution in [1.82, 2.24) is 0 Å². The van der Waals surface area contributed by atoms with E-state index in [9.17, 15) is 4.39 Å². The van der Waals surface area contributed by atoms with Crippen molar-refractivity contribution in [2.75, 3.05) is 7.11 Å². The molecule has 0 aliphatic carbocycles. The van der Waals surface area contributed by atoms with E-state index < -0.39 is 0 Å². The zero-order valence-corrected chi connectivity index (χ0v) is 10.7. The molecule has 0 spiro atoms. The Kier molecular flexibility index (Phi) is 5.07. The Morgan fingerprint density at radius 1 is 1.44 bits per heavy atom. The van der Waals surface area contributed by atoms with E-state index in [1.807, 2.05) is 13.8 Å². The average Bonchev–Trinajstić information content (AvgIpc) is 2.30. The minimum Gasteiger partial charge on any atom is -0.494 e. The Balaban J connectivity index is 2.81. The third-order valence-electron chi connectivity index (χ3n) is 2.81. The maximum absolute atomic E-state index is 13.8. The van der Waals surface area contributed by atoms with Gasteiger partial charge in [-0.25, -0.2) is 4.39 Å². The van der Waals surface area contributed by atoms with Gasteiger partial charge in [0.1, 0.15) is 0 Å². The Morgan fingerprint density at radius 2 is 2.12 bits per heavy atom. The summed E-state index contributed by atoms with van der Waals surface area (Å²) in [4.78, 5) is 0. The summed E-state index contributed by atoms with van der Waals surface area (Å²) in [5, 5.41) is 0.0885. The summed E-state index contributed by atoms with van der Waals surface area (Å²) in [6, 6.07) is 5.22. The van der Waals surface area contributed by atoms with Gasteiger partial charge in [0.05, 0.1) is 7.11 Å². The average molecular weight is 245 g/mol. The van der Waals surface area contributed by atoms with Crippen LogP contribution in [0.1, 0.15) is 25.8 Å². The predicted molar refractivity (Wildman–Crippen MR) is 65.8 cm³/mol. The van der Waals surface area contributed by atoms with Crippen LogP contribution in [0.25, 0.3) is 0 Å². The predicted octanol–water partition coefficient (Wildman–Crippen LogP) is 4.03. The molecule has 0 aliphatic rings. The molecule has 2 unspecified atom stereocenters. The van der Waals surface area contributed by atoms with Gasteiger partial charge in [0, 0.05) is 5.38 Å². The van der Waals surface area contributed by atoms with Crippen LogP contribution in [0.2, 0.25) is 0 Å². The molecular formula is C13H18ClFO. The van der Waals surface area contributed by atoms with Crippen molar-refractivity contribution < 1.29 is 9.13 Å². The molecule has 16 heavy (non-hydrogen) atoms. The van der Waals surface area contributed by atoms with Crippen LogP contribution in [0.15, 0.2) is 18.2 Å². The fraction of sp³-hybridized carbons (Fsp3) is 0.538. The van der Waals surface area contributed by atoms with Gasteiger partial charge in [-0.05, 0) is 30.4 Å². The van der Waals surface area contributed by atoms with Gasteiger partial charge in [-0.3, -0.25) is 0 Å². The molecule has 1 aromatic carbocycles. The highest BCUT2D eigenvalue weighted by atomic mass is 35.5. The summed E-state index contributed by atoms with van der Waals surface area (Å²) < 4.78 is 18.8. The van der Waals surface area contributed by atoms with Crippen LogP contribution < -0.4 is 4.74 Å². The van der Waals surface area contributed by atoms with Gasteiger partial charge in [0.15, 0.2) is 11.6 Å². The molecule has 0 saturated carbocycles. The van der Waals surface area contributed by atoms with Crippen molar-refractivity contribution in [1.29, 1.82) is 0 Å². The summed E-state index contributed by atoms with van der Waals surface area (Å²) in [5.41, 5.74) is 0.672. The number of hydrogen-bond donors (Lipinski definition) is 0. The molecule has 0 bridgehead atoms. The van der Waals surface area contributed by atoms with Gasteiger partial charge in [0.25, 0.3) is 0 Å². The quantitative estimate of drug-likeness (QED) is 0.711. The van der Waals surface area contributed by atoms with E-state index in [1.54, 1.807) is 18.2 Å². The number of rotatable bonds is 5. The van der Waals surface area contributed by atoms with Crippen LogP contribution in [-0.2, 0) is 6.42 Å². The van der Waals surface area contributed by atoms with E-state index in [2.05, 4.69) is 0 Å². The Hall–Kier alpha value is -0.760. The lowest BCUT2D eigenvalue weighted by Gasteiger charge is -2.17. The fourth-order valence-electron chi connectivity index (χ4n) is 1.75. The molecule has 0 heterocycles. The lowest BCUT2D eigenvalue weighted by atomic mass is 9.96. The van der Waals surface area contributed by atoms with Crippen LogP contribution >= 0.6 is 11.6 Å². The molecule has 1 aromatic rings. The smallest absolute Gasteiger partial charge is 0.168 e. The van der Waals surface area contributed by atoms with E-state index in [-0.39, 0.29) is 17.1 Å². The molecule has 2 atom stereocenters. The second-order valence-electron chi connectivity index (χ2n) is 4.04. The van der Waals surface area contributed by atoms with Crippen LogP contribution in [0.4, 0.5) is 4.39 Å². The summed E-state index contributed by atoms with van der Waals surface area (Å²) in [5.74, 6) is 0.289. The highest BCUT2D eigenvalue weighted by molar-refractivity contribution is 6.20. The lowest BCUT2D eigenvalue weighted by molar-refractivity contribution is 0.382. The first-order chi connectivity index (χ1) is 7.60. The number of ether oxygens (including phenoxy) is 1. The largest absolute Gasteiger partial charge is 0.494 e. The molecule has 3 heteroatoms. The summed E-state index contributed by atoms with van der Waals surface area (Å²) >= 11 is 6.14. The van der Waals surface area contributed by atoms with Crippen LogP contribution in [-0.4, -0.2) is 12.5 Å². The van der Waals surface area contributed by atoms with Crippen LogP contribution in [0.5, 0.6) is 5.75 Å². The normalized spacial score (nSPS) is 14.6. The zero-order chi connectivity index (χ0) is 12.1. The van der Waals surface area contributed by atoms with Crippen molar-refractivity contribution in [3.05, 3.63) is 29.6 Å². The first-order valence-corrected chi connectivity index (χ1v) is 5.99. The minimum atomic E-state index is -0.267. The van der Waals surface area contributed by atoms with E-state index in [0.717, 1.165) is 6.42 Å². The maximum atomic E-state index is 13.8. The molecule has 1 rings (SSSR count). The molecule has 0 saturated heterocycles. The highest BCUT2D eigenvalue weighted by Gasteiger charge is 2.16. The highest BCUT2D eigenvalue weighted by Crippen LogP contribution is 2.25. The Bertz CT molecular complexity index is 341. The van der Waals surface area contributed by atoms with Crippen molar-refractivity contribution in [3.8, 4) is 5.75 Å². The van der Waals surface area contributed by atoms with Gasteiger partial charge in [-0.1, -0.05) is 26.0 Å². The van der Waals surface area contributed by atoms with Crippen LogP contribution in [0.3, 0.4) is 0 Å². The van der Waals surface area contributed by atoms with Gasteiger partial charge in [-0.15, -0.1) is 11.6 Å². The van der Waals surface area contributed by atoms with Gasteiger partial charge >= 0.3 is 0 Å². The molecule has 0 radical (unpaired) electrons. The van der Waals surface area contributed by atoms with Crippen molar-refractivity contribution >= 4 is 11.6 Å². The molecule has 0 N–H and O–H groups in total. The molecule has 0 aliphatic heterocycles. The summed E-state index contributed by atoms with van der Waals surface area (Å²) in [6.07, 6.45) is 1.54. The van der Waals surface area contributed by atoms with E-state index in [4.69, 9.17) is 16.3 Å². The second kappa shape index (κ2) is 6.09. The topological polar surface area (TPSA) is 9.23 Å². The first kappa shape index (κ1) is 13.3. The summed E-state index contributed by atoms with van der Waals surface area (Å²) in [7, 11) is 1.47. The third-order valence-corrected chi connectivity index (χ3v) is 3.55. The standard InChI is InChI=1S/C13H18ClFO/c1-4-11(14)9(2)8-10-6-5-7-12(16-3)13(10)15/h5-7,9,11H,4,8H2,1-3H3. The SMILES string of the molecule is CCC(Cl)C(C)Cc1cccc(OC)c1F. The first-order valence-electron chi connectivity index (χ1n) is 5.55. The van der Waals surface area contributed by atoms with Gasteiger partial charge < -0.3 is 4.74 Å². The molecule has 0 amide bonds. The molecule has 90 valence electrons. The Morgan fingerprint density at radius 3 is 2.69 bits per heavy atom. The zero-order valence-electron chi connectivity index (χ0n) is 9.97. The number of hydrogen-bond acceptors (Lipinski definition) is 1. The summed E-state index contributed by atoms with van der Waals surface area (Å²) in [6.45, 7) is 4.08. The van der Waals surface area contributed by atoms with Gasteiger partial charge in [-0.2, -0.15) is 0 Å². The molecule has 0 aromatic heterocycles. The Labute approximate surface area is 102 Å². The third kappa shape index (κ3) is 3.11.